The number of ether oxygens (including phenoxy) is 1. The first-order valence-corrected chi connectivity index (χ1v) is 9.28. The summed E-state index contributed by atoms with van der Waals surface area (Å²) in [5, 5.41) is 12.3. The van der Waals surface area contributed by atoms with Crippen molar-refractivity contribution in [2.75, 3.05) is 0 Å². The second-order valence-corrected chi connectivity index (χ2v) is 8.23. The van der Waals surface area contributed by atoms with Crippen LogP contribution in [0.4, 0.5) is 0 Å². The van der Waals surface area contributed by atoms with Gasteiger partial charge in [0.15, 0.2) is 0 Å². The topological polar surface area (TPSA) is 51.5 Å². The summed E-state index contributed by atoms with van der Waals surface area (Å²) in [5.41, 5.74) is 1.14. The molecule has 5 heteroatoms. The lowest BCUT2D eigenvalue weighted by molar-refractivity contribution is -0.156. The minimum atomic E-state index is -0.514. The maximum absolute atomic E-state index is 12.3. The minimum absolute atomic E-state index is 0.189. The highest BCUT2D eigenvalue weighted by Gasteiger charge is 2.23. The van der Waals surface area contributed by atoms with Crippen molar-refractivity contribution >= 4 is 32.7 Å². The fourth-order valence-corrected chi connectivity index (χ4v) is 3.43. The second kappa shape index (κ2) is 6.80. The average Bonchev–Trinajstić information content (AvgIpc) is 2.89. The summed E-state index contributed by atoms with van der Waals surface area (Å²) in [4.78, 5) is 12.3. The largest absolute Gasteiger partial charge is 0.494 e. The first-order chi connectivity index (χ1) is 12.2. The van der Waals surface area contributed by atoms with Crippen molar-refractivity contribution in [3.8, 4) is 11.6 Å². The standard InChI is InChI=1S/C21H22BrNO3/c1-13(20(25)26-21(2,3)4)14-9-10-18(17(22)11-14)23-12-15-7-5-6-8-16(15)19(23)24/h5-13,24H,1-4H3. The van der Waals surface area contributed by atoms with Crippen LogP contribution >= 0.6 is 15.9 Å². The SMILES string of the molecule is CC(C(=O)OC(C)(C)C)c1ccc(-n2cc3ccccc3c2O)c(Br)c1. The normalized spacial score (nSPS) is 13.0. The first kappa shape index (κ1) is 18.5. The highest BCUT2D eigenvalue weighted by Crippen LogP contribution is 2.34. The van der Waals surface area contributed by atoms with E-state index in [9.17, 15) is 9.90 Å². The molecule has 1 atom stereocenters. The Hall–Kier alpha value is -2.27. The zero-order chi connectivity index (χ0) is 19.1. The van der Waals surface area contributed by atoms with Crippen molar-refractivity contribution in [3.63, 3.8) is 0 Å². The summed E-state index contributed by atoms with van der Waals surface area (Å²) in [6, 6.07) is 13.3. The number of halogens is 1. The Kier molecular flexibility index (Phi) is 4.84. The van der Waals surface area contributed by atoms with Crippen molar-refractivity contribution in [2.24, 2.45) is 0 Å². The number of nitrogens with zero attached hydrogens (tertiary/aromatic N) is 1. The lowest BCUT2D eigenvalue weighted by Crippen LogP contribution is -2.26. The molecular formula is C21H22BrNO3. The van der Waals surface area contributed by atoms with E-state index in [0.29, 0.717) is 0 Å². The average molecular weight is 416 g/mol. The van der Waals surface area contributed by atoms with Crippen LogP contribution < -0.4 is 0 Å². The molecule has 0 saturated carbocycles. The zero-order valence-electron chi connectivity index (χ0n) is 15.3. The summed E-state index contributed by atoms with van der Waals surface area (Å²) in [7, 11) is 0. The number of rotatable bonds is 3. The predicted molar refractivity (Wildman–Crippen MR) is 107 cm³/mol. The Bertz CT molecular complexity index is 969. The van der Waals surface area contributed by atoms with Gasteiger partial charge in [-0.3, -0.25) is 9.36 Å². The summed E-state index contributed by atoms with van der Waals surface area (Å²) in [6.45, 7) is 7.40. The molecule has 0 spiro atoms. The van der Waals surface area contributed by atoms with Crippen LogP contribution in [-0.2, 0) is 9.53 Å². The van der Waals surface area contributed by atoms with Crippen molar-refractivity contribution in [1.29, 1.82) is 0 Å². The third kappa shape index (κ3) is 3.63. The van der Waals surface area contributed by atoms with Crippen molar-refractivity contribution < 1.29 is 14.6 Å². The fraction of sp³-hybridized carbons (Fsp3) is 0.286. The van der Waals surface area contributed by atoms with Gasteiger partial charge >= 0.3 is 5.97 Å². The molecule has 2 aromatic carbocycles. The maximum atomic E-state index is 12.3. The van der Waals surface area contributed by atoms with E-state index >= 15 is 0 Å². The van der Waals surface area contributed by atoms with Crippen LogP contribution in [0.3, 0.4) is 0 Å². The molecule has 0 aliphatic rings. The highest BCUT2D eigenvalue weighted by molar-refractivity contribution is 9.10. The molecule has 0 fully saturated rings. The highest BCUT2D eigenvalue weighted by atomic mass is 79.9. The molecule has 136 valence electrons. The van der Waals surface area contributed by atoms with Crippen molar-refractivity contribution in [2.45, 2.75) is 39.2 Å². The Morgan fingerprint density at radius 2 is 1.88 bits per heavy atom. The zero-order valence-corrected chi connectivity index (χ0v) is 16.9. The van der Waals surface area contributed by atoms with Crippen LogP contribution in [0.1, 0.15) is 39.2 Å². The van der Waals surface area contributed by atoms with Gasteiger partial charge in [-0.05, 0) is 67.4 Å². The van der Waals surface area contributed by atoms with E-state index in [0.717, 1.165) is 26.5 Å². The van der Waals surface area contributed by atoms with Gasteiger partial charge in [-0.25, -0.2) is 0 Å². The van der Waals surface area contributed by atoms with E-state index in [-0.39, 0.29) is 17.8 Å². The van der Waals surface area contributed by atoms with Crippen LogP contribution in [0, 0.1) is 0 Å². The van der Waals surface area contributed by atoms with E-state index < -0.39 is 5.60 Å². The molecule has 4 nitrogen and oxygen atoms in total. The van der Waals surface area contributed by atoms with Gasteiger partial charge in [-0.2, -0.15) is 0 Å². The monoisotopic (exact) mass is 415 g/mol. The van der Waals surface area contributed by atoms with Gasteiger partial charge in [0.25, 0.3) is 0 Å². The first-order valence-electron chi connectivity index (χ1n) is 8.49. The molecule has 0 radical (unpaired) electrons. The number of esters is 1. The number of hydrogen-bond acceptors (Lipinski definition) is 3. The number of benzene rings is 2. The third-order valence-corrected chi connectivity index (χ3v) is 4.82. The Morgan fingerprint density at radius 1 is 1.19 bits per heavy atom. The van der Waals surface area contributed by atoms with Gasteiger partial charge in [-0.15, -0.1) is 0 Å². The fourth-order valence-electron chi connectivity index (χ4n) is 2.84. The van der Waals surface area contributed by atoms with Crippen LogP contribution in [0.15, 0.2) is 53.1 Å². The minimum Gasteiger partial charge on any atom is -0.494 e. The molecule has 1 unspecified atom stereocenters. The lowest BCUT2D eigenvalue weighted by atomic mass is 10.0. The van der Waals surface area contributed by atoms with Crippen molar-refractivity contribution in [1.82, 2.24) is 4.57 Å². The van der Waals surface area contributed by atoms with Gasteiger partial charge in [0.2, 0.25) is 5.88 Å². The predicted octanol–water partition coefficient (Wildman–Crippen LogP) is 5.54. The molecule has 0 bridgehead atoms. The molecule has 3 aromatic rings. The van der Waals surface area contributed by atoms with Gasteiger partial charge in [0.1, 0.15) is 5.60 Å². The van der Waals surface area contributed by atoms with Crippen LogP contribution in [-0.4, -0.2) is 21.2 Å². The van der Waals surface area contributed by atoms with Crippen LogP contribution in [0.25, 0.3) is 16.5 Å². The number of carbonyl (C=O) groups is 1. The summed E-state index contributed by atoms with van der Waals surface area (Å²) in [6.07, 6.45) is 1.89. The Balaban J connectivity index is 1.94. The van der Waals surface area contributed by atoms with Gasteiger partial charge in [0.05, 0.1) is 11.6 Å². The Morgan fingerprint density at radius 3 is 2.50 bits per heavy atom. The molecule has 1 heterocycles. The molecule has 3 rings (SSSR count). The number of aromatic nitrogens is 1. The summed E-state index contributed by atoms with van der Waals surface area (Å²) < 4.78 is 7.99. The molecule has 1 aromatic heterocycles. The summed E-state index contributed by atoms with van der Waals surface area (Å²) in [5.74, 6) is -0.446. The number of carbonyl (C=O) groups excluding carboxylic acids is 1. The number of aromatic hydroxyl groups is 1. The Labute approximate surface area is 161 Å². The second-order valence-electron chi connectivity index (χ2n) is 7.38. The molecule has 0 amide bonds. The maximum Gasteiger partial charge on any atom is 0.313 e. The van der Waals surface area contributed by atoms with E-state index in [1.54, 1.807) is 4.57 Å². The third-order valence-electron chi connectivity index (χ3n) is 4.19. The van der Waals surface area contributed by atoms with E-state index in [2.05, 4.69) is 15.9 Å². The number of fused-ring (bicyclic) bond motifs is 1. The quantitative estimate of drug-likeness (QED) is 0.570. The molecule has 0 aliphatic carbocycles. The van der Waals surface area contributed by atoms with Gasteiger partial charge < -0.3 is 9.84 Å². The molecule has 26 heavy (non-hydrogen) atoms. The molecular weight excluding hydrogens is 394 g/mol. The van der Waals surface area contributed by atoms with E-state index in [1.807, 2.05) is 76.4 Å². The molecule has 1 N–H and O–H groups in total. The van der Waals surface area contributed by atoms with Crippen molar-refractivity contribution in [3.05, 3.63) is 58.7 Å². The smallest absolute Gasteiger partial charge is 0.313 e. The van der Waals surface area contributed by atoms with Crippen LogP contribution in [0.5, 0.6) is 5.88 Å². The van der Waals surface area contributed by atoms with Gasteiger partial charge in [0, 0.05) is 21.4 Å². The van der Waals surface area contributed by atoms with Gasteiger partial charge in [-0.1, -0.05) is 24.3 Å². The summed E-state index contributed by atoms with van der Waals surface area (Å²) >= 11 is 3.57. The molecule has 0 aliphatic heterocycles. The van der Waals surface area contributed by atoms with Crippen LogP contribution in [0.2, 0.25) is 0 Å². The number of hydrogen-bond donors (Lipinski definition) is 1. The molecule has 0 saturated heterocycles. The van der Waals surface area contributed by atoms with E-state index in [1.165, 1.54) is 0 Å². The van der Waals surface area contributed by atoms with E-state index in [4.69, 9.17) is 4.74 Å². The lowest BCUT2D eigenvalue weighted by Gasteiger charge is -2.22.